The molecule has 1 saturated carbocycles. The number of rotatable bonds is 5. The van der Waals surface area contributed by atoms with E-state index in [4.69, 9.17) is 16.3 Å². The van der Waals surface area contributed by atoms with Gasteiger partial charge in [0.2, 0.25) is 0 Å². The Morgan fingerprint density at radius 3 is 2.92 bits per heavy atom. The minimum absolute atomic E-state index is 0.0181. The van der Waals surface area contributed by atoms with E-state index in [-0.39, 0.29) is 11.9 Å². The Kier molecular flexibility index (Phi) is 4.12. The average molecular weight is 358 g/mol. The number of nitrogens with zero attached hydrogens (tertiary/aromatic N) is 3. The lowest BCUT2D eigenvalue weighted by Crippen LogP contribution is -2.28. The zero-order valence-corrected chi connectivity index (χ0v) is 15.1. The topological polar surface area (TPSA) is 55.3 Å². The molecule has 0 N–H and O–H groups in total. The first kappa shape index (κ1) is 16.3. The van der Waals surface area contributed by atoms with Crippen molar-refractivity contribution in [1.82, 2.24) is 14.9 Å². The predicted octanol–water partition coefficient (Wildman–Crippen LogP) is 3.94. The lowest BCUT2D eigenvalue weighted by Gasteiger charge is -2.26. The standard InChI is InChI=1S/C19H20ClN3O2/c1-11-15(7-21-8-17(11)25-10-13-3-4-13)12(2)23-9-16-14(19(23)24)5-6-22-18(16)20/h5-8,12-13H,3-4,9-10H2,1-2H3. The van der Waals surface area contributed by atoms with Crippen LogP contribution in [0.4, 0.5) is 0 Å². The number of halogens is 1. The van der Waals surface area contributed by atoms with Gasteiger partial charge in [0.1, 0.15) is 10.9 Å². The van der Waals surface area contributed by atoms with Gasteiger partial charge in [-0.25, -0.2) is 4.98 Å². The summed E-state index contributed by atoms with van der Waals surface area (Å²) in [7, 11) is 0. The molecule has 2 aromatic heterocycles. The molecule has 0 bridgehead atoms. The maximum atomic E-state index is 12.8. The number of hydrogen-bond donors (Lipinski definition) is 0. The first-order chi connectivity index (χ1) is 12.1. The van der Waals surface area contributed by atoms with Crippen molar-refractivity contribution in [3.63, 3.8) is 0 Å². The van der Waals surface area contributed by atoms with Crippen molar-refractivity contribution in [2.45, 2.75) is 39.3 Å². The van der Waals surface area contributed by atoms with Crippen LogP contribution in [0.3, 0.4) is 0 Å². The average Bonchev–Trinajstić information content (AvgIpc) is 3.37. The van der Waals surface area contributed by atoms with Crippen molar-refractivity contribution in [2.75, 3.05) is 6.61 Å². The molecule has 2 aromatic rings. The van der Waals surface area contributed by atoms with E-state index < -0.39 is 0 Å². The third kappa shape index (κ3) is 2.97. The molecule has 0 spiro atoms. The summed E-state index contributed by atoms with van der Waals surface area (Å²) in [6.07, 6.45) is 7.65. The van der Waals surface area contributed by atoms with Crippen LogP contribution in [0.2, 0.25) is 5.15 Å². The Hall–Kier alpha value is -2.14. The molecule has 1 aliphatic carbocycles. The minimum atomic E-state index is -0.118. The fourth-order valence-corrected chi connectivity index (χ4v) is 3.49. The molecular weight excluding hydrogens is 338 g/mol. The second kappa shape index (κ2) is 6.30. The molecular formula is C19H20ClN3O2. The molecule has 4 rings (SSSR count). The van der Waals surface area contributed by atoms with Gasteiger partial charge in [-0.2, -0.15) is 0 Å². The highest BCUT2D eigenvalue weighted by Crippen LogP contribution is 2.36. The SMILES string of the molecule is Cc1c(OCC2CC2)cncc1C(C)N1Cc2c(ccnc2Cl)C1=O. The van der Waals surface area contributed by atoms with E-state index in [1.165, 1.54) is 12.8 Å². The highest BCUT2D eigenvalue weighted by atomic mass is 35.5. The Morgan fingerprint density at radius 1 is 1.40 bits per heavy atom. The zero-order chi connectivity index (χ0) is 17.6. The van der Waals surface area contributed by atoms with Crippen LogP contribution < -0.4 is 4.74 Å². The van der Waals surface area contributed by atoms with Crippen molar-refractivity contribution in [1.29, 1.82) is 0 Å². The van der Waals surface area contributed by atoms with E-state index in [0.29, 0.717) is 23.2 Å². The summed E-state index contributed by atoms with van der Waals surface area (Å²) in [5.74, 6) is 1.47. The molecule has 25 heavy (non-hydrogen) atoms. The van der Waals surface area contributed by atoms with Crippen molar-refractivity contribution >= 4 is 17.5 Å². The van der Waals surface area contributed by atoms with Gasteiger partial charge in [-0.1, -0.05) is 11.6 Å². The normalized spacial score (nSPS) is 17.6. The Balaban J connectivity index is 1.59. The Bertz CT molecular complexity index is 835. The van der Waals surface area contributed by atoms with E-state index in [0.717, 1.165) is 29.0 Å². The summed E-state index contributed by atoms with van der Waals surface area (Å²) in [6, 6.07) is 1.62. The van der Waals surface area contributed by atoms with E-state index in [1.54, 1.807) is 18.5 Å². The highest BCUT2D eigenvalue weighted by Gasteiger charge is 2.34. The van der Waals surface area contributed by atoms with Crippen LogP contribution in [0.5, 0.6) is 5.75 Å². The van der Waals surface area contributed by atoms with Crippen molar-refractivity contribution in [3.05, 3.63) is 52.1 Å². The van der Waals surface area contributed by atoms with E-state index in [9.17, 15) is 4.79 Å². The predicted molar refractivity (Wildman–Crippen MR) is 94.7 cm³/mol. The van der Waals surface area contributed by atoms with Gasteiger partial charge in [0, 0.05) is 23.5 Å². The smallest absolute Gasteiger partial charge is 0.255 e. The molecule has 3 heterocycles. The molecule has 0 aromatic carbocycles. The second-order valence-electron chi connectivity index (χ2n) is 6.84. The molecule has 6 heteroatoms. The molecule has 1 unspecified atom stereocenters. The maximum absolute atomic E-state index is 12.8. The molecule has 1 atom stereocenters. The van der Waals surface area contributed by atoms with Crippen LogP contribution in [0.15, 0.2) is 24.7 Å². The molecule has 0 saturated heterocycles. The highest BCUT2D eigenvalue weighted by molar-refractivity contribution is 6.30. The van der Waals surface area contributed by atoms with Crippen molar-refractivity contribution < 1.29 is 9.53 Å². The number of aromatic nitrogens is 2. The van der Waals surface area contributed by atoms with Crippen molar-refractivity contribution in [3.8, 4) is 5.75 Å². The molecule has 2 aliphatic rings. The van der Waals surface area contributed by atoms with Gasteiger partial charge in [-0.3, -0.25) is 9.78 Å². The van der Waals surface area contributed by atoms with E-state index >= 15 is 0 Å². The molecule has 5 nitrogen and oxygen atoms in total. The summed E-state index contributed by atoms with van der Waals surface area (Å²) < 4.78 is 5.92. The Labute approximate surface area is 152 Å². The summed E-state index contributed by atoms with van der Waals surface area (Å²) in [4.78, 5) is 23.0. The lowest BCUT2D eigenvalue weighted by atomic mass is 10.0. The number of carbonyl (C=O) groups is 1. The van der Waals surface area contributed by atoms with Crippen LogP contribution in [0.1, 0.15) is 52.9 Å². The van der Waals surface area contributed by atoms with Gasteiger partial charge >= 0.3 is 0 Å². The molecule has 1 aliphatic heterocycles. The fourth-order valence-electron chi connectivity index (χ4n) is 3.28. The van der Waals surface area contributed by atoms with Crippen LogP contribution >= 0.6 is 11.6 Å². The number of pyridine rings is 2. The maximum Gasteiger partial charge on any atom is 0.255 e. The summed E-state index contributed by atoms with van der Waals surface area (Å²) in [5.41, 5.74) is 3.47. The molecule has 0 radical (unpaired) electrons. The van der Waals surface area contributed by atoms with Gasteiger partial charge in [0.25, 0.3) is 5.91 Å². The number of ether oxygens (including phenoxy) is 1. The largest absolute Gasteiger partial charge is 0.491 e. The van der Waals surface area contributed by atoms with Gasteiger partial charge in [-0.05, 0) is 49.8 Å². The monoisotopic (exact) mass is 357 g/mol. The zero-order valence-electron chi connectivity index (χ0n) is 14.3. The summed E-state index contributed by atoms with van der Waals surface area (Å²) >= 11 is 6.16. The van der Waals surface area contributed by atoms with Crippen LogP contribution in [-0.2, 0) is 6.54 Å². The molecule has 1 amide bonds. The second-order valence-corrected chi connectivity index (χ2v) is 7.20. The van der Waals surface area contributed by atoms with E-state index in [1.807, 2.05) is 24.9 Å². The van der Waals surface area contributed by atoms with Gasteiger partial charge in [0.15, 0.2) is 0 Å². The third-order valence-corrected chi connectivity index (χ3v) is 5.45. The summed E-state index contributed by atoms with van der Waals surface area (Å²) in [6.45, 7) is 5.25. The number of hydrogen-bond acceptors (Lipinski definition) is 4. The third-order valence-electron chi connectivity index (χ3n) is 5.12. The van der Waals surface area contributed by atoms with Crippen molar-refractivity contribution in [2.24, 2.45) is 5.92 Å². The van der Waals surface area contributed by atoms with Gasteiger partial charge in [0.05, 0.1) is 25.4 Å². The van der Waals surface area contributed by atoms with E-state index in [2.05, 4.69) is 9.97 Å². The summed E-state index contributed by atoms with van der Waals surface area (Å²) in [5, 5.41) is 0.400. The molecule has 130 valence electrons. The van der Waals surface area contributed by atoms with Gasteiger partial charge < -0.3 is 9.64 Å². The fraction of sp³-hybridized carbons (Fsp3) is 0.421. The minimum Gasteiger partial charge on any atom is -0.491 e. The number of fused-ring (bicyclic) bond motifs is 1. The number of amides is 1. The lowest BCUT2D eigenvalue weighted by molar-refractivity contribution is 0.0715. The van der Waals surface area contributed by atoms with Crippen LogP contribution in [0.25, 0.3) is 0 Å². The molecule has 1 fully saturated rings. The quantitative estimate of drug-likeness (QED) is 0.760. The van der Waals surface area contributed by atoms with Crippen LogP contribution in [0, 0.1) is 12.8 Å². The first-order valence-corrected chi connectivity index (χ1v) is 8.95. The number of carbonyl (C=O) groups excluding carboxylic acids is 1. The first-order valence-electron chi connectivity index (χ1n) is 8.58. The van der Waals surface area contributed by atoms with Crippen LogP contribution in [-0.4, -0.2) is 27.4 Å². The Morgan fingerprint density at radius 2 is 2.20 bits per heavy atom. The van der Waals surface area contributed by atoms with Gasteiger partial charge in [-0.15, -0.1) is 0 Å².